The van der Waals surface area contributed by atoms with E-state index < -0.39 is 79.7 Å². The number of benzene rings is 2. The maximum atomic E-state index is 12.8. The van der Waals surface area contributed by atoms with Crippen LogP contribution in [0.1, 0.15) is 0 Å². The van der Waals surface area contributed by atoms with Gasteiger partial charge in [-0.25, -0.2) is 0 Å². The van der Waals surface area contributed by atoms with Gasteiger partial charge in [-0.1, -0.05) is 0 Å². The zero-order valence-electron chi connectivity index (χ0n) is 20.7. The maximum absolute atomic E-state index is 12.8. The molecule has 216 valence electrons. The number of phenolic OH excluding ortho intramolecular Hbond substituents is 2. The Morgan fingerprint density at radius 2 is 1.70 bits per heavy atom. The molecule has 3 aromatic rings. The van der Waals surface area contributed by atoms with Crippen LogP contribution in [0, 0.1) is 0 Å². The van der Waals surface area contributed by atoms with Crippen molar-refractivity contribution in [1.82, 2.24) is 0 Å². The van der Waals surface area contributed by atoms with E-state index in [4.69, 9.17) is 23.4 Å². The van der Waals surface area contributed by atoms with E-state index in [2.05, 4.69) is 0 Å². The summed E-state index contributed by atoms with van der Waals surface area (Å²) in [7, 11) is 0. The van der Waals surface area contributed by atoms with Gasteiger partial charge in [0, 0.05) is 23.8 Å². The Hall–Kier alpha value is -3.31. The van der Waals surface area contributed by atoms with Crippen molar-refractivity contribution < 1.29 is 64.2 Å². The Kier molecular flexibility index (Phi) is 7.71. The van der Waals surface area contributed by atoms with Crippen molar-refractivity contribution >= 4 is 11.0 Å². The number of fused-ring (bicyclic) bond motifs is 1. The van der Waals surface area contributed by atoms with Crippen molar-refractivity contribution in [2.24, 2.45) is 0 Å². The van der Waals surface area contributed by atoms with Crippen molar-refractivity contribution in [3.63, 3.8) is 0 Å². The van der Waals surface area contributed by atoms with Crippen molar-refractivity contribution in [3.8, 4) is 28.6 Å². The van der Waals surface area contributed by atoms with Crippen LogP contribution in [-0.2, 0) is 14.2 Å². The van der Waals surface area contributed by atoms with Crippen molar-refractivity contribution in [2.75, 3.05) is 19.8 Å². The highest BCUT2D eigenvalue weighted by Crippen LogP contribution is 2.35. The molecule has 5 rings (SSSR count). The predicted octanol–water partition coefficient (Wildman–Crippen LogP) is -1.49. The van der Waals surface area contributed by atoms with Gasteiger partial charge in [-0.2, -0.15) is 0 Å². The monoisotopic (exact) mass is 564 g/mol. The molecule has 14 heteroatoms. The molecule has 0 bridgehead atoms. The van der Waals surface area contributed by atoms with Crippen molar-refractivity contribution in [1.29, 1.82) is 0 Å². The first-order valence-electron chi connectivity index (χ1n) is 12.2. The molecule has 14 nitrogen and oxygen atoms in total. The van der Waals surface area contributed by atoms with Gasteiger partial charge in [-0.05, 0) is 24.3 Å². The molecule has 2 aliphatic heterocycles. The molecule has 1 aromatic heterocycles. The second kappa shape index (κ2) is 10.9. The van der Waals surface area contributed by atoms with Crippen LogP contribution in [0.3, 0.4) is 0 Å². The molecule has 2 fully saturated rings. The van der Waals surface area contributed by atoms with Crippen LogP contribution in [0.15, 0.2) is 51.7 Å². The Balaban J connectivity index is 1.47. The highest BCUT2D eigenvalue weighted by Gasteiger charge is 2.53. The largest absolute Gasteiger partial charge is 0.508 e. The summed E-state index contributed by atoms with van der Waals surface area (Å²) < 4.78 is 28.0. The lowest BCUT2D eigenvalue weighted by molar-refractivity contribution is -0.318. The van der Waals surface area contributed by atoms with Gasteiger partial charge in [-0.15, -0.1) is 0 Å². The lowest BCUT2D eigenvalue weighted by atomic mass is 9.98. The first-order chi connectivity index (χ1) is 19.0. The number of aliphatic hydroxyl groups excluding tert-OH is 5. The van der Waals surface area contributed by atoms with Gasteiger partial charge in [0.1, 0.15) is 64.0 Å². The van der Waals surface area contributed by atoms with Crippen LogP contribution in [0.5, 0.6) is 17.2 Å². The Labute approximate surface area is 225 Å². The topological polar surface area (TPSA) is 229 Å². The summed E-state index contributed by atoms with van der Waals surface area (Å²) in [6.07, 6.45) is -11.2. The predicted molar refractivity (Wildman–Crippen MR) is 132 cm³/mol. The molecule has 40 heavy (non-hydrogen) atoms. The minimum atomic E-state index is -2.04. The Morgan fingerprint density at radius 3 is 2.35 bits per heavy atom. The van der Waals surface area contributed by atoms with Gasteiger partial charge in [-0.3, -0.25) is 4.79 Å². The van der Waals surface area contributed by atoms with Crippen molar-refractivity contribution in [3.05, 3.63) is 52.7 Å². The molecule has 0 amide bonds. The number of rotatable bonds is 7. The molecule has 0 aliphatic carbocycles. The molecule has 0 spiro atoms. The lowest BCUT2D eigenvalue weighted by Crippen LogP contribution is -2.62. The Morgan fingerprint density at radius 1 is 0.975 bits per heavy atom. The molecule has 0 radical (unpaired) electrons. The molecular formula is C26H28O14. The third-order valence-corrected chi connectivity index (χ3v) is 6.88. The third-order valence-electron chi connectivity index (χ3n) is 6.88. The zero-order chi connectivity index (χ0) is 28.8. The normalized spacial score (nSPS) is 32.4. The summed E-state index contributed by atoms with van der Waals surface area (Å²) in [5, 5.41) is 80.7. The summed E-state index contributed by atoms with van der Waals surface area (Å²) >= 11 is 0. The van der Waals surface area contributed by atoms with E-state index in [0.717, 1.165) is 6.07 Å². The average molecular weight is 564 g/mol. The van der Waals surface area contributed by atoms with Crippen LogP contribution in [0.2, 0.25) is 0 Å². The summed E-state index contributed by atoms with van der Waals surface area (Å²) in [6.45, 7) is -2.06. The van der Waals surface area contributed by atoms with Gasteiger partial charge >= 0.3 is 0 Å². The molecule has 3 heterocycles. The molecule has 2 aliphatic rings. The van der Waals surface area contributed by atoms with Crippen LogP contribution in [0.4, 0.5) is 0 Å². The fourth-order valence-electron chi connectivity index (χ4n) is 4.57. The lowest BCUT2D eigenvalue weighted by Gasteiger charge is -2.42. The van der Waals surface area contributed by atoms with Crippen molar-refractivity contribution in [2.45, 2.75) is 48.7 Å². The highest BCUT2D eigenvalue weighted by molar-refractivity contribution is 5.86. The number of hydrogen-bond acceptors (Lipinski definition) is 14. The summed E-state index contributed by atoms with van der Waals surface area (Å²) in [5.41, 5.74) is -2.22. The molecule has 2 aromatic carbocycles. The van der Waals surface area contributed by atoms with Crippen LogP contribution in [-0.4, -0.2) is 109 Å². The van der Waals surface area contributed by atoms with Crippen LogP contribution >= 0.6 is 0 Å². The maximum Gasteiger partial charge on any atom is 0.229 e. The van der Waals surface area contributed by atoms with Gasteiger partial charge < -0.3 is 64.2 Å². The molecule has 0 saturated carbocycles. The zero-order valence-corrected chi connectivity index (χ0v) is 20.7. The van der Waals surface area contributed by atoms with Crippen LogP contribution in [0.25, 0.3) is 22.3 Å². The van der Waals surface area contributed by atoms with Gasteiger partial charge in [0.05, 0.1) is 19.8 Å². The first kappa shape index (κ1) is 28.2. The standard InChI is InChI=1S/C26H28O14/c27-8-18-20(32)21(33)22(40-25-23(34)26(35,9-28)10-36-25)24(39-18)37-13-5-14(30)19-15(31)7-16(38-17(19)6-13)11-1-3-12(29)4-2-11/h1-7,18,20-25,27-30,32-35H,8-10H2/t18-,20-,21+,22-,23-,24+,25+,26-/m0/s1. The molecule has 0 unspecified atom stereocenters. The fourth-order valence-corrected chi connectivity index (χ4v) is 4.57. The summed E-state index contributed by atoms with van der Waals surface area (Å²) in [4.78, 5) is 12.8. The second-order valence-corrected chi connectivity index (χ2v) is 9.65. The van der Waals surface area contributed by atoms with E-state index >= 15 is 0 Å². The van der Waals surface area contributed by atoms with Crippen LogP contribution < -0.4 is 10.2 Å². The number of aromatic hydroxyl groups is 2. The molecule has 8 atom stereocenters. The summed E-state index contributed by atoms with van der Waals surface area (Å²) in [6, 6.07) is 9.37. The summed E-state index contributed by atoms with van der Waals surface area (Å²) in [5.74, 6) is -0.496. The van der Waals surface area contributed by atoms with E-state index in [1.54, 1.807) is 0 Å². The van der Waals surface area contributed by atoms with E-state index in [1.807, 2.05) is 0 Å². The van der Waals surface area contributed by atoms with E-state index in [0.29, 0.717) is 5.56 Å². The quantitative estimate of drug-likeness (QED) is 0.164. The fraction of sp³-hybridized carbons (Fsp3) is 0.423. The number of aliphatic hydroxyl groups is 6. The van der Waals surface area contributed by atoms with Gasteiger partial charge in [0.25, 0.3) is 0 Å². The molecule has 8 N–H and O–H groups in total. The van der Waals surface area contributed by atoms with E-state index in [1.165, 1.54) is 36.4 Å². The minimum Gasteiger partial charge on any atom is -0.508 e. The molecular weight excluding hydrogens is 536 g/mol. The minimum absolute atomic E-state index is 0.00882. The van der Waals surface area contributed by atoms with Gasteiger partial charge in [0.2, 0.25) is 6.29 Å². The number of phenols is 2. The van der Waals surface area contributed by atoms with E-state index in [9.17, 15) is 45.6 Å². The Bertz CT molecular complexity index is 1410. The highest BCUT2D eigenvalue weighted by atomic mass is 16.8. The third kappa shape index (κ3) is 5.12. The molecule has 2 saturated heterocycles. The van der Waals surface area contributed by atoms with E-state index in [-0.39, 0.29) is 28.2 Å². The SMILES string of the molecule is O=c1cc(-c2ccc(O)cc2)oc2cc(O[C@@H]3O[C@@H](CO)[C@H](O)[C@@H](O)[C@@H]3O[C@H]3OC[C@@](O)(CO)[C@H]3O)cc(O)c12. The number of hydrogen-bond donors (Lipinski definition) is 8. The smallest absolute Gasteiger partial charge is 0.229 e. The van der Waals surface area contributed by atoms with Gasteiger partial charge in [0.15, 0.2) is 17.8 Å². The first-order valence-corrected chi connectivity index (χ1v) is 12.2. The number of ether oxygens (including phenoxy) is 4. The average Bonchev–Trinajstić information content (AvgIpc) is 3.21. The second-order valence-electron chi connectivity index (χ2n) is 9.65.